The van der Waals surface area contributed by atoms with E-state index in [0.717, 1.165) is 13.0 Å². The summed E-state index contributed by atoms with van der Waals surface area (Å²) < 4.78 is 1.71. The maximum Gasteiger partial charge on any atom is 0.271 e. The smallest absolute Gasteiger partial charge is 0.271 e. The van der Waals surface area contributed by atoms with Crippen molar-refractivity contribution in [3.63, 3.8) is 0 Å². The van der Waals surface area contributed by atoms with Crippen molar-refractivity contribution in [1.82, 2.24) is 24.8 Å². The van der Waals surface area contributed by atoms with E-state index in [1.165, 1.54) is 0 Å². The van der Waals surface area contributed by atoms with Gasteiger partial charge in [-0.3, -0.25) is 4.79 Å². The summed E-state index contributed by atoms with van der Waals surface area (Å²) in [6, 6.07) is 1.76. The predicted octanol–water partition coefficient (Wildman–Crippen LogP) is -0.0286. The summed E-state index contributed by atoms with van der Waals surface area (Å²) in [5, 5.41) is 13.5. The van der Waals surface area contributed by atoms with Gasteiger partial charge in [0.15, 0.2) is 0 Å². The normalized spacial score (nSPS) is 21.2. The van der Waals surface area contributed by atoms with E-state index in [0.29, 0.717) is 24.6 Å². The molecule has 2 aromatic heterocycles. The molecule has 122 valence electrons. The first-order chi connectivity index (χ1) is 11.1. The minimum atomic E-state index is -0.998. The molecule has 0 bridgehead atoms. The quantitative estimate of drug-likeness (QED) is 0.822. The fourth-order valence-electron chi connectivity index (χ4n) is 2.75. The molecule has 1 aliphatic rings. The van der Waals surface area contributed by atoms with Gasteiger partial charge in [-0.25, -0.2) is 15.0 Å². The number of nitrogens with one attached hydrogen (secondary N) is 1. The minimum absolute atomic E-state index is 0.172. The van der Waals surface area contributed by atoms with Gasteiger partial charge in [0, 0.05) is 38.7 Å². The van der Waals surface area contributed by atoms with Crippen molar-refractivity contribution in [2.24, 2.45) is 7.05 Å². The summed E-state index contributed by atoms with van der Waals surface area (Å²) in [5.74, 6) is 0.314. The maximum absolute atomic E-state index is 12.1. The average Bonchev–Trinajstić information content (AvgIpc) is 3.00. The van der Waals surface area contributed by atoms with Crippen LogP contribution in [-0.2, 0) is 7.05 Å². The molecule has 0 aliphatic carbocycles. The minimum Gasteiger partial charge on any atom is -0.386 e. The topological polar surface area (TPSA) is 96.2 Å². The highest BCUT2D eigenvalue weighted by Gasteiger charge is 2.34. The van der Waals surface area contributed by atoms with E-state index in [-0.39, 0.29) is 12.5 Å². The third kappa shape index (κ3) is 3.65. The predicted molar refractivity (Wildman–Crippen MR) is 84.0 cm³/mol. The highest BCUT2D eigenvalue weighted by molar-refractivity contribution is 5.92. The van der Waals surface area contributed by atoms with Gasteiger partial charge >= 0.3 is 0 Å². The van der Waals surface area contributed by atoms with Gasteiger partial charge in [-0.05, 0) is 18.9 Å². The monoisotopic (exact) mass is 316 g/mol. The Morgan fingerprint density at radius 1 is 1.39 bits per heavy atom. The summed E-state index contributed by atoms with van der Waals surface area (Å²) in [5.41, 5.74) is -0.655. The van der Waals surface area contributed by atoms with Crippen molar-refractivity contribution in [2.45, 2.75) is 18.4 Å². The van der Waals surface area contributed by atoms with E-state index in [2.05, 4.69) is 20.3 Å². The Bertz CT molecular complexity index is 674. The number of anilines is 1. The molecule has 0 radical (unpaired) electrons. The molecule has 3 rings (SSSR count). The number of hydrogen-bond acceptors (Lipinski definition) is 6. The average molecular weight is 316 g/mol. The largest absolute Gasteiger partial charge is 0.386 e. The van der Waals surface area contributed by atoms with Crippen LogP contribution in [0.2, 0.25) is 0 Å². The lowest BCUT2D eigenvalue weighted by molar-refractivity contribution is 0.0252. The van der Waals surface area contributed by atoms with Crippen molar-refractivity contribution in [1.29, 1.82) is 0 Å². The van der Waals surface area contributed by atoms with E-state index in [4.69, 9.17) is 0 Å². The molecule has 2 aromatic rings. The number of rotatable bonds is 4. The van der Waals surface area contributed by atoms with Gasteiger partial charge in [0.1, 0.15) is 5.69 Å². The summed E-state index contributed by atoms with van der Waals surface area (Å²) in [7, 11) is 1.80. The van der Waals surface area contributed by atoms with Gasteiger partial charge in [0.25, 0.3) is 5.91 Å². The molecule has 1 amide bonds. The number of carbonyl (C=O) groups is 1. The summed E-state index contributed by atoms with van der Waals surface area (Å²) in [6.07, 6.45) is 8.01. The zero-order chi connectivity index (χ0) is 16.3. The number of imidazole rings is 1. The van der Waals surface area contributed by atoms with E-state index in [1.807, 2.05) is 4.90 Å². The number of carbonyl (C=O) groups excluding carboxylic acids is 1. The summed E-state index contributed by atoms with van der Waals surface area (Å²) >= 11 is 0. The van der Waals surface area contributed by atoms with Crippen LogP contribution in [0.1, 0.15) is 23.3 Å². The molecule has 1 unspecified atom stereocenters. The Morgan fingerprint density at radius 3 is 2.87 bits per heavy atom. The number of piperidine rings is 1. The Hall–Kier alpha value is -2.48. The fraction of sp³-hybridized carbons (Fsp3) is 0.467. The van der Waals surface area contributed by atoms with E-state index >= 15 is 0 Å². The van der Waals surface area contributed by atoms with Gasteiger partial charge < -0.3 is 19.9 Å². The van der Waals surface area contributed by atoms with Crippen LogP contribution in [0.25, 0.3) is 0 Å². The van der Waals surface area contributed by atoms with Crippen LogP contribution in [-0.4, -0.2) is 55.8 Å². The van der Waals surface area contributed by atoms with Gasteiger partial charge in [-0.2, -0.15) is 0 Å². The van der Waals surface area contributed by atoms with E-state index in [9.17, 15) is 9.90 Å². The Labute approximate surface area is 134 Å². The molecule has 0 saturated carbocycles. The molecule has 23 heavy (non-hydrogen) atoms. The molecule has 2 N–H and O–H groups in total. The van der Waals surface area contributed by atoms with Crippen LogP contribution in [0, 0.1) is 0 Å². The van der Waals surface area contributed by atoms with Crippen LogP contribution in [0.5, 0.6) is 0 Å². The van der Waals surface area contributed by atoms with Crippen molar-refractivity contribution in [3.05, 3.63) is 36.7 Å². The molecule has 1 fully saturated rings. The van der Waals surface area contributed by atoms with E-state index in [1.54, 1.807) is 42.6 Å². The van der Waals surface area contributed by atoms with Crippen molar-refractivity contribution >= 4 is 11.9 Å². The first kappa shape index (κ1) is 15.4. The standard InChI is InChI=1S/C15H20N6O2/c1-20-8-12(19-11-20)13(22)18-9-15(23)4-2-7-21(10-15)14-16-5-3-6-17-14/h3,5-6,8,11,23H,2,4,7,9-10H2,1H3,(H,18,22). The third-order valence-corrected chi connectivity index (χ3v) is 3.91. The molecule has 8 heteroatoms. The molecule has 1 aliphatic heterocycles. The van der Waals surface area contributed by atoms with Crippen molar-refractivity contribution in [3.8, 4) is 0 Å². The lowest BCUT2D eigenvalue weighted by Gasteiger charge is -2.39. The number of β-amino-alcohol motifs (C(OH)–C–C–N with tert-alkyl or cyclic N) is 1. The maximum atomic E-state index is 12.1. The van der Waals surface area contributed by atoms with Crippen molar-refractivity contribution in [2.75, 3.05) is 24.5 Å². The number of aryl methyl sites for hydroxylation is 1. The number of amides is 1. The van der Waals surface area contributed by atoms with Crippen LogP contribution >= 0.6 is 0 Å². The van der Waals surface area contributed by atoms with Gasteiger partial charge in [-0.15, -0.1) is 0 Å². The van der Waals surface area contributed by atoms with Crippen molar-refractivity contribution < 1.29 is 9.90 Å². The fourth-order valence-corrected chi connectivity index (χ4v) is 2.75. The second-order valence-corrected chi connectivity index (χ2v) is 5.91. The molecule has 1 atom stereocenters. The SMILES string of the molecule is Cn1cnc(C(=O)NCC2(O)CCCN(c3ncccn3)C2)c1. The second kappa shape index (κ2) is 6.33. The van der Waals surface area contributed by atoms with Gasteiger partial charge in [0.2, 0.25) is 5.95 Å². The van der Waals surface area contributed by atoms with Crippen LogP contribution in [0.3, 0.4) is 0 Å². The van der Waals surface area contributed by atoms with Crippen LogP contribution in [0.4, 0.5) is 5.95 Å². The highest BCUT2D eigenvalue weighted by Crippen LogP contribution is 2.23. The van der Waals surface area contributed by atoms with Crippen LogP contribution < -0.4 is 10.2 Å². The lowest BCUT2D eigenvalue weighted by Crippen LogP contribution is -2.54. The second-order valence-electron chi connectivity index (χ2n) is 5.91. The molecule has 1 saturated heterocycles. The third-order valence-electron chi connectivity index (χ3n) is 3.91. The number of nitrogens with zero attached hydrogens (tertiary/aromatic N) is 5. The molecular weight excluding hydrogens is 296 g/mol. The lowest BCUT2D eigenvalue weighted by atomic mass is 9.93. The molecule has 0 spiro atoms. The van der Waals surface area contributed by atoms with Crippen LogP contribution in [0.15, 0.2) is 31.0 Å². The molecule has 3 heterocycles. The highest BCUT2D eigenvalue weighted by atomic mass is 16.3. The summed E-state index contributed by atoms with van der Waals surface area (Å²) in [6.45, 7) is 1.35. The Kier molecular flexibility index (Phi) is 4.24. The van der Waals surface area contributed by atoms with Gasteiger partial charge in [-0.1, -0.05) is 0 Å². The van der Waals surface area contributed by atoms with E-state index < -0.39 is 5.60 Å². The Balaban J connectivity index is 1.61. The number of aromatic nitrogens is 4. The zero-order valence-corrected chi connectivity index (χ0v) is 13.0. The number of hydrogen-bond donors (Lipinski definition) is 2. The van der Waals surface area contributed by atoms with Gasteiger partial charge in [0.05, 0.1) is 18.5 Å². The molecular formula is C15H20N6O2. The molecule has 8 nitrogen and oxygen atoms in total. The first-order valence-electron chi connectivity index (χ1n) is 7.56. The first-order valence-corrected chi connectivity index (χ1v) is 7.56. The zero-order valence-electron chi connectivity index (χ0n) is 13.0. The summed E-state index contributed by atoms with van der Waals surface area (Å²) in [4.78, 5) is 26.4. The molecule has 0 aromatic carbocycles. The Morgan fingerprint density at radius 2 is 2.17 bits per heavy atom. The number of aliphatic hydroxyl groups is 1.